The Balaban J connectivity index is 2.04. The maximum Gasteiger partial charge on any atom is 0.335 e. The number of carboxylic acids is 1. The fraction of sp³-hybridized carbons (Fsp3) is 0.0588. The van der Waals surface area contributed by atoms with Gasteiger partial charge in [-0.2, -0.15) is 0 Å². The van der Waals surface area contributed by atoms with E-state index in [9.17, 15) is 19.5 Å². The molecule has 0 fully saturated rings. The van der Waals surface area contributed by atoms with E-state index in [1.54, 1.807) is 12.1 Å². The molecular formula is C17H12ClN3O6. The molecule has 1 aromatic carbocycles. The molecule has 0 unspecified atom stereocenters. The van der Waals surface area contributed by atoms with Crippen molar-refractivity contribution in [1.29, 1.82) is 0 Å². The minimum absolute atomic E-state index is 0.0486. The van der Waals surface area contributed by atoms with Gasteiger partial charge in [0.15, 0.2) is 0 Å². The molecule has 0 bridgehead atoms. The van der Waals surface area contributed by atoms with Crippen LogP contribution < -0.4 is 11.2 Å². The molecule has 2 aromatic heterocycles. The van der Waals surface area contributed by atoms with Crippen LogP contribution in [0.3, 0.4) is 0 Å². The predicted octanol–water partition coefficient (Wildman–Crippen LogP) is 1.99. The van der Waals surface area contributed by atoms with Crippen molar-refractivity contribution in [2.75, 3.05) is 0 Å². The lowest BCUT2D eigenvalue weighted by Gasteiger charge is -2.08. The van der Waals surface area contributed by atoms with Gasteiger partial charge in [-0.25, -0.2) is 9.59 Å². The van der Waals surface area contributed by atoms with Crippen LogP contribution in [0, 0.1) is 0 Å². The molecule has 3 aromatic rings. The minimum Gasteiger partial charge on any atom is -0.494 e. The maximum atomic E-state index is 12.0. The van der Waals surface area contributed by atoms with Gasteiger partial charge < -0.3 is 14.6 Å². The van der Waals surface area contributed by atoms with Gasteiger partial charge in [-0.15, -0.1) is 0 Å². The number of benzene rings is 1. The molecule has 3 rings (SSSR count). The highest BCUT2D eigenvalue weighted by Gasteiger charge is 2.14. The van der Waals surface area contributed by atoms with Crippen LogP contribution in [0.5, 0.6) is 5.88 Å². The second-order valence-corrected chi connectivity index (χ2v) is 5.80. The summed E-state index contributed by atoms with van der Waals surface area (Å²) in [6, 6.07) is 7.08. The Bertz CT molecular complexity index is 1140. The zero-order valence-electron chi connectivity index (χ0n) is 13.5. The average Bonchev–Trinajstić information content (AvgIpc) is 3.12. The van der Waals surface area contributed by atoms with Gasteiger partial charge in [0.1, 0.15) is 11.3 Å². The highest BCUT2D eigenvalue weighted by Crippen LogP contribution is 2.26. The normalized spacial score (nSPS) is 11.1. The number of aliphatic imine (C=N–C) groups is 1. The first-order chi connectivity index (χ1) is 12.9. The van der Waals surface area contributed by atoms with Crippen LogP contribution in [-0.2, 0) is 6.54 Å². The van der Waals surface area contributed by atoms with E-state index in [0.29, 0.717) is 5.76 Å². The Morgan fingerprint density at radius 3 is 2.78 bits per heavy atom. The van der Waals surface area contributed by atoms with E-state index >= 15 is 0 Å². The van der Waals surface area contributed by atoms with Crippen LogP contribution in [-0.4, -0.2) is 31.9 Å². The van der Waals surface area contributed by atoms with E-state index in [1.807, 2.05) is 0 Å². The molecule has 9 nitrogen and oxygen atoms in total. The number of aromatic nitrogens is 2. The summed E-state index contributed by atoms with van der Waals surface area (Å²) in [6.07, 6.45) is 2.40. The molecule has 0 aliphatic heterocycles. The quantitative estimate of drug-likeness (QED) is 0.570. The molecule has 0 aliphatic carbocycles. The number of nitrogens with one attached hydrogen (secondary N) is 1. The van der Waals surface area contributed by atoms with Crippen molar-refractivity contribution < 1.29 is 19.4 Å². The SMILES string of the molecule is O=C(O)c1ccc(Cl)c(N=Cc2c(O)n(Cc3ccco3)c(=O)[nH]c2=O)c1. The van der Waals surface area contributed by atoms with Crippen molar-refractivity contribution >= 4 is 29.5 Å². The lowest BCUT2D eigenvalue weighted by molar-refractivity contribution is 0.0697. The summed E-state index contributed by atoms with van der Waals surface area (Å²) in [4.78, 5) is 41.1. The Morgan fingerprint density at radius 2 is 2.11 bits per heavy atom. The zero-order chi connectivity index (χ0) is 19.6. The van der Waals surface area contributed by atoms with Crippen molar-refractivity contribution in [3.05, 3.63) is 79.3 Å². The number of aromatic amines is 1. The van der Waals surface area contributed by atoms with E-state index in [0.717, 1.165) is 10.8 Å². The third-order valence-corrected chi connectivity index (χ3v) is 3.95. The summed E-state index contributed by atoms with van der Waals surface area (Å²) in [5.74, 6) is -1.40. The lowest BCUT2D eigenvalue weighted by Crippen LogP contribution is -2.32. The number of carbonyl (C=O) groups is 1. The summed E-state index contributed by atoms with van der Waals surface area (Å²) in [7, 11) is 0. The van der Waals surface area contributed by atoms with E-state index in [1.165, 1.54) is 24.5 Å². The van der Waals surface area contributed by atoms with Crippen molar-refractivity contribution in [2.24, 2.45) is 4.99 Å². The molecule has 138 valence electrons. The average molecular weight is 390 g/mol. The fourth-order valence-electron chi connectivity index (χ4n) is 2.28. The van der Waals surface area contributed by atoms with Crippen LogP contribution in [0.15, 0.2) is 55.6 Å². The fourth-order valence-corrected chi connectivity index (χ4v) is 2.44. The number of aromatic hydroxyl groups is 1. The highest BCUT2D eigenvalue weighted by molar-refractivity contribution is 6.33. The number of furan rings is 1. The Kier molecular flexibility index (Phi) is 4.95. The second kappa shape index (κ2) is 7.34. The number of hydrogen-bond donors (Lipinski definition) is 3. The zero-order valence-corrected chi connectivity index (χ0v) is 14.3. The topological polar surface area (TPSA) is 138 Å². The van der Waals surface area contributed by atoms with Crippen molar-refractivity contribution in [2.45, 2.75) is 6.54 Å². The highest BCUT2D eigenvalue weighted by atomic mass is 35.5. The van der Waals surface area contributed by atoms with Crippen molar-refractivity contribution in [3.8, 4) is 5.88 Å². The molecule has 0 saturated carbocycles. The molecule has 3 N–H and O–H groups in total. The number of H-pyrrole nitrogens is 1. The smallest absolute Gasteiger partial charge is 0.335 e. The van der Waals surface area contributed by atoms with Gasteiger partial charge >= 0.3 is 11.7 Å². The van der Waals surface area contributed by atoms with Gasteiger partial charge in [0.25, 0.3) is 5.56 Å². The first-order valence-electron chi connectivity index (χ1n) is 7.52. The summed E-state index contributed by atoms with van der Waals surface area (Å²) in [6.45, 7) is -0.107. The van der Waals surface area contributed by atoms with E-state index in [4.69, 9.17) is 21.1 Å². The summed E-state index contributed by atoms with van der Waals surface area (Å²) < 4.78 is 6.03. The van der Waals surface area contributed by atoms with Gasteiger partial charge in [0, 0.05) is 6.21 Å². The van der Waals surface area contributed by atoms with Crippen LogP contribution in [0.25, 0.3) is 0 Å². The molecule has 0 radical (unpaired) electrons. The Hall–Kier alpha value is -3.59. The monoisotopic (exact) mass is 389 g/mol. The third kappa shape index (κ3) is 3.82. The molecule has 0 aliphatic rings. The summed E-state index contributed by atoms with van der Waals surface area (Å²) >= 11 is 5.98. The molecule has 0 amide bonds. The third-order valence-electron chi connectivity index (χ3n) is 3.63. The Labute approximate surface area is 155 Å². The van der Waals surface area contributed by atoms with Crippen LogP contribution in [0.4, 0.5) is 5.69 Å². The second-order valence-electron chi connectivity index (χ2n) is 5.39. The van der Waals surface area contributed by atoms with Crippen LogP contribution in [0.1, 0.15) is 21.7 Å². The molecule has 27 heavy (non-hydrogen) atoms. The molecule has 0 spiro atoms. The van der Waals surface area contributed by atoms with Gasteiger partial charge in [0.05, 0.1) is 29.1 Å². The molecule has 0 atom stereocenters. The number of aromatic carboxylic acids is 1. The standard InChI is InChI=1S/C17H12ClN3O6/c18-12-4-3-9(16(24)25)6-13(12)19-7-11-14(22)20-17(26)21(15(11)23)8-10-2-1-5-27-10/h1-7,23H,8H2,(H,24,25)(H,20,22,26). The van der Waals surface area contributed by atoms with E-state index < -0.39 is 23.1 Å². The van der Waals surface area contributed by atoms with Gasteiger partial charge in [-0.05, 0) is 30.3 Å². The van der Waals surface area contributed by atoms with E-state index in [2.05, 4.69) is 9.98 Å². The molecule has 0 saturated heterocycles. The van der Waals surface area contributed by atoms with Crippen molar-refractivity contribution in [3.63, 3.8) is 0 Å². The number of nitrogens with zero attached hydrogens (tertiary/aromatic N) is 2. The first kappa shape index (κ1) is 18.2. The lowest BCUT2D eigenvalue weighted by atomic mass is 10.2. The van der Waals surface area contributed by atoms with Gasteiger partial charge in [-0.1, -0.05) is 11.6 Å². The maximum absolute atomic E-state index is 12.0. The van der Waals surface area contributed by atoms with Crippen molar-refractivity contribution in [1.82, 2.24) is 9.55 Å². The number of halogens is 1. The van der Waals surface area contributed by atoms with Gasteiger partial charge in [0.2, 0.25) is 5.88 Å². The minimum atomic E-state index is -1.17. The number of carboxylic acid groups (broad SMARTS) is 1. The number of hydrogen-bond acceptors (Lipinski definition) is 6. The summed E-state index contributed by atoms with van der Waals surface area (Å²) in [5, 5.41) is 19.5. The molecular weight excluding hydrogens is 378 g/mol. The molecule has 2 heterocycles. The van der Waals surface area contributed by atoms with E-state index in [-0.39, 0.29) is 28.4 Å². The predicted molar refractivity (Wildman–Crippen MR) is 96.5 cm³/mol. The summed E-state index contributed by atoms with van der Waals surface area (Å²) in [5.41, 5.74) is -1.94. The van der Waals surface area contributed by atoms with Crippen LogP contribution in [0.2, 0.25) is 5.02 Å². The molecule has 10 heteroatoms. The largest absolute Gasteiger partial charge is 0.494 e. The van der Waals surface area contributed by atoms with Gasteiger partial charge in [-0.3, -0.25) is 19.3 Å². The van der Waals surface area contributed by atoms with Crippen LogP contribution >= 0.6 is 11.6 Å². The Morgan fingerprint density at radius 1 is 1.33 bits per heavy atom. The number of rotatable bonds is 5. The first-order valence-corrected chi connectivity index (χ1v) is 7.90.